The van der Waals surface area contributed by atoms with E-state index in [0.29, 0.717) is 16.0 Å². The van der Waals surface area contributed by atoms with Crippen molar-refractivity contribution in [3.05, 3.63) is 78.1 Å². The maximum absolute atomic E-state index is 14.4. The summed E-state index contributed by atoms with van der Waals surface area (Å²) in [5, 5.41) is 0. The predicted octanol–water partition coefficient (Wildman–Crippen LogP) is 7.68. The third-order valence-electron chi connectivity index (χ3n) is 4.69. The van der Waals surface area contributed by atoms with Crippen LogP contribution in [0.5, 0.6) is 0 Å². The van der Waals surface area contributed by atoms with Gasteiger partial charge in [-0.15, -0.1) is 11.3 Å². The molecule has 1 heterocycles. The molecule has 150 valence electrons. The van der Waals surface area contributed by atoms with Crippen molar-refractivity contribution >= 4 is 16.9 Å². The predicted molar refractivity (Wildman–Crippen MR) is 98.1 cm³/mol. The Morgan fingerprint density at radius 1 is 0.655 bits per heavy atom. The van der Waals surface area contributed by atoms with Crippen molar-refractivity contribution < 1.29 is 30.7 Å². The Balaban J connectivity index is 2.01. The maximum atomic E-state index is 14.4. The van der Waals surface area contributed by atoms with Crippen molar-refractivity contribution in [2.45, 2.75) is 17.8 Å². The zero-order valence-electron chi connectivity index (χ0n) is 14.4. The van der Waals surface area contributed by atoms with Crippen LogP contribution >= 0.6 is 11.3 Å². The Morgan fingerprint density at radius 3 is 1.66 bits per heavy atom. The minimum atomic E-state index is -5.87. The minimum absolute atomic E-state index is 0.00257. The molecule has 0 radical (unpaired) electrons. The van der Waals surface area contributed by atoms with Crippen LogP contribution in [0.4, 0.5) is 30.7 Å². The molecule has 0 unspecified atom stereocenters. The summed E-state index contributed by atoms with van der Waals surface area (Å²) >= 11 is 0.932. The van der Waals surface area contributed by atoms with Crippen molar-refractivity contribution in [1.29, 1.82) is 0 Å². The largest absolute Gasteiger partial charge is 0.383 e. The van der Waals surface area contributed by atoms with Crippen LogP contribution in [0.3, 0.4) is 0 Å². The van der Waals surface area contributed by atoms with Gasteiger partial charge in [-0.1, -0.05) is 60.7 Å². The van der Waals surface area contributed by atoms with Crippen molar-refractivity contribution in [2.24, 2.45) is 0 Å². The second-order valence-corrected chi connectivity index (χ2v) is 7.55. The van der Waals surface area contributed by atoms with E-state index < -0.39 is 34.7 Å². The molecule has 0 spiro atoms. The molecule has 0 nitrogen and oxygen atoms in total. The molecule has 0 fully saturated rings. The summed E-state index contributed by atoms with van der Waals surface area (Å²) in [6.07, 6.45) is 0. The summed E-state index contributed by atoms with van der Waals surface area (Å²) in [6.45, 7) is 0. The van der Waals surface area contributed by atoms with Gasteiger partial charge in [0.1, 0.15) is 0 Å². The first-order chi connectivity index (χ1) is 13.6. The Labute approximate surface area is 164 Å². The summed E-state index contributed by atoms with van der Waals surface area (Å²) in [4.78, 5) is 0.358. The molecular formula is C21H11F7S. The third-order valence-corrected chi connectivity index (χ3v) is 5.93. The molecule has 0 saturated heterocycles. The third kappa shape index (κ3) is 2.73. The van der Waals surface area contributed by atoms with Crippen LogP contribution in [0.1, 0.15) is 5.56 Å². The number of alkyl halides is 6. The first kappa shape index (κ1) is 19.7. The molecule has 2 aromatic carbocycles. The van der Waals surface area contributed by atoms with Crippen molar-refractivity contribution in [3.63, 3.8) is 0 Å². The van der Waals surface area contributed by atoms with Crippen molar-refractivity contribution in [3.8, 4) is 20.9 Å². The van der Waals surface area contributed by atoms with Gasteiger partial charge in [0.2, 0.25) is 0 Å². The normalized spacial score (nSPS) is 19.6. The highest BCUT2D eigenvalue weighted by Crippen LogP contribution is 2.63. The van der Waals surface area contributed by atoms with E-state index in [-0.39, 0.29) is 4.88 Å². The fraction of sp³-hybridized carbons (Fsp3) is 0.143. The molecule has 0 amide bonds. The monoisotopic (exact) mass is 428 g/mol. The first-order valence-corrected chi connectivity index (χ1v) is 9.20. The second kappa shape index (κ2) is 6.45. The van der Waals surface area contributed by atoms with E-state index in [4.69, 9.17) is 0 Å². The summed E-state index contributed by atoms with van der Waals surface area (Å²) in [7, 11) is 0. The van der Waals surface area contributed by atoms with Gasteiger partial charge >= 0.3 is 17.8 Å². The van der Waals surface area contributed by atoms with Crippen LogP contribution < -0.4 is 0 Å². The molecule has 0 atom stereocenters. The Kier molecular flexibility index (Phi) is 4.38. The van der Waals surface area contributed by atoms with Gasteiger partial charge in [-0.05, 0) is 17.2 Å². The lowest BCUT2D eigenvalue weighted by Crippen LogP contribution is -2.48. The number of halogens is 7. The molecule has 1 aliphatic rings. The molecule has 8 heteroatoms. The highest BCUT2D eigenvalue weighted by molar-refractivity contribution is 7.19. The Bertz CT molecular complexity index is 1080. The first-order valence-electron chi connectivity index (χ1n) is 8.38. The van der Waals surface area contributed by atoms with Crippen LogP contribution in [0.2, 0.25) is 0 Å². The van der Waals surface area contributed by atoms with E-state index in [1.54, 1.807) is 48.5 Å². The van der Waals surface area contributed by atoms with E-state index in [1.807, 2.05) is 0 Å². The maximum Gasteiger partial charge on any atom is 0.383 e. The van der Waals surface area contributed by atoms with Crippen molar-refractivity contribution in [2.75, 3.05) is 0 Å². The van der Waals surface area contributed by atoms with E-state index in [9.17, 15) is 30.7 Å². The van der Waals surface area contributed by atoms with Gasteiger partial charge in [0.25, 0.3) is 0 Å². The zero-order valence-corrected chi connectivity index (χ0v) is 15.2. The summed E-state index contributed by atoms with van der Waals surface area (Å²) < 4.78 is 98.2. The molecule has 1 aliphatic carbocycles. The fourth-order valence-corrected chi connectivity index (χ4v) is 4.38. The Morgan fingerprint density at radius 2 is 1.17 bits per heavy atom. The van der Waals surface area contributed by atoms with Gasteiger partial charge in [-0.25, -0.2) is 4.39 Å². The van der Waals surface area contributed by atoms with Gasteiger partial charge in [0.15, 0.2) is 5.83 Å². The Hall–Kier alpha value is -2.61. The van der Waals surface area contributed by atoms with Crippen LogP contribution in [0, 0.1) is 0 Å². The molecule has 0 aliphatic heterocycles. The SMILES string of the molecule is FC1=C(c2cc(-c3ccccc3)sc2-c2ccccc2)C(F)(F)C(F)(F)C1(F)F. The van der Waals surface area contributed by atoms with Crippen LogP contribution in [0.25, 0.3) is 26.5 Å². The number of allylic oxidation sites excluding steroid dienone is 2. The number of hydrogen-bond acceptors (Lipinski definition) is 1. The quantitative estimate of drug-likeness (QED) is 0.375. The lowest BCUT2D eigenvalue weighted by Gasteiger charge is -2.24. The van der Waals surface area contributed by atoms with E-state index in [0.717, 1.165) is 17.4 Å². The molecule has 3 aromatic rings. The smallest absolute Gasteiger partial charge is 0.204 e. The van der Waals surface area contributed by atoms with Gasteiger partial charge in [0.05, 0.1) is 5.57 Å². The summed E-state index contributed by atoms with van der Waals surface area (Å²) in [6, 6.07) is 17.2. The fourth-order valence-electron chi connectivity index (χ4n) is 3.20. The molecule has 29 heavy (non-hydrogen) atoms. The average Bonchev–Trinajstić information content (AvgIpc) is 3.16. The van der Waals surface area contributed by atoms with Crippen molar-refractivity contribution in [1.82, 2.24) is 0 Å². The summed E-state index contributed by atoms with van der Waals surface area (Å²) in [5.74, 6) is -19.7. The van der Waals surface area contributed by atoms with E-state index in [1.165, 1.54) is 12.1 Å². The lowest BCUT2D eigenvalue weighted by atomic mass is 9.97. The summed E-state index contributed by atoms with van der Waals surface area (Å²) in [5.41, 5.74) is -1.75. The second-order valence-electron chi connectivity index (χ2n) is 6.50. The van der Waals surface area contributed by atoms with Crippen LogP contribution in [-0.4, -0.2) is 17.8 Å². The van der Waals surface area contributed by atoms with Crippen LogP contribution in [-0.2, 0) is 0 Å². The lowest BCUT2D eigenvalue weighted by molar-refractivity contribution is -0.263. The van der Waals surface area contributed by atoms with Crippen LogP contribution in [0.15, 0.2) is 72.6 Å². The van der Waals surface area contributed by atoms with E-state index in [2.05, 4.69) is 0 Å². The number of thiophene rings is 1. The zero-order chi connectivity index (χ0) is 21.0. The van der Waals surface area contributed by atoms with E-state index >= 15 is 0 Å². The van der Waals surface area contributed by atoms with Gasteiger partial charge in [0, 0.05) is 15.3 Å². The molecule has 0 bridgehead atoms. The minimum Gasteiger partial charge on any atom is -0.204 e. The molecular weight excluding hydrogens is 417 g/mol. The molecule has 1 aromatic heterocycles. The number of hydrogen-bond donors (Lipinski definition) is 0. The highest BCUT2D eigenvalue weighted by atomic mass is 32.1. The van der Waals surface area contributed by atoms with Gasteiger partial charge in [-0.3, -0.25) is 0 Å². The molecule has 0 saturated carbocycles. The highest BCUT2D eigenvalue weighted by Gasteiger charge is 2.81. The average molecular weight is 428 g/mol. The topological polar surface area (TPSA) is 0 Å². The number of benzene rings is 2. The standard InChI is InChI=1S/C21H11F7S/c22-18-16(19(23,24)21(27,28)20(18,25)26)14-11-15(12-7-3-1-4-8-12)29-17(14)13-9-5-2-6-10-13/h1-11H. The van der Waals surface area contributed by atoms with Gasteiger partial charge in [-0.2, -0.15) is 26.3 Å². The molecule has 4 rings (SSSR count). The number of rotatable bonds is 3. The molecule has 0 N–H and O–H groups in total. The van der Waals surface area contributed by atoms with Gasteiger partial charge < -0.3 is 0 Å².